The van der Waals surface area contributed by atoms with Gasteiger partial charge in [0.1, 0.15) is 11.6 Å². The van der Waals surface area contributed by atoms with Crippen LogP contribution >= 0.6 is 0 Å². The molecule has 0 radical (unpaired) electrons. The highest BCUT2D eigenvalue weighted by Gasteiger charge is 2.29. The molecule has 3 rings (SSSR count). The molecule has 2 aliphatic rings. The van der Waals surface area contributed by atoms with Crippen molar-refractivity contribution in [2.75, 3.05) is 12.4 Å². The first-order chi connectivity index (χ1) is 10.4. The standard InChI is InChI=1S/C15H19F2NO3S/c16-10-7-13-12(14(17)8-10)4-1-5-15(13)18-22(19,20)9-11-3-2-6-21-11/h7-8,11,15,18H,1-6,9H2/t11?,15-/m0/s1. The Labute approximate surface area is 128 Å². The van der Waals surface area contributed by atoms with Gasteiger partial charge in [-0.1, -0.05) is 0 Å². The molecular weight excluding hydrogens is 312 g/mol. The van der Waals surface area contributed by atoms with Gasteiger partial charge in [0.25, 0.3) is 0 Å². The van der Waals surface area contributed by atoms with Gasteiger partial charge in [-0.25, -0.2) is 21.9 Å². The minimum atomic E-state index is -3.55. The van der Waals surface area contributed by atoms with Gasteiger partial charge in [0.05, 0.1) is 11.9 Å². The highest BCUT2D eigenvalue weighted by atomic mass is 32.2. The molecule has 1 aliphatic carbocycles. The molecule has 7 heteroatoms. The van der Waals surface area contributed by atoms with Crippen LogP contribution < -0.4 is 4.72 Å². The Morgan fingerprint density at radius 1 is 1.23 bits per heavy atom. The molecule has 1 saturated heterocycles. The molecule has 4 nitrogen and oxygen atoms in total. The monoisotopic (exact) mass is 331 g/mol. The van der Waals surface area contributed by atoms with Crippen LogP contribution in [-0.2, 0) is 21.2 Å². The summed E-state index contributed by atoms with van der Waals surface area (Å²) >= 11 is 0. The molecule has 2 atom stereocenters. The van der Waals surface area contributed by atoms with Gasteiger partial charge in [-0.05, 0) is 49.3 Å². The van der Waals surface area contributed by atoms with Crippen LogP contribution in [0.15, 0.2) is 12.1 Å². The van der Waals surface area contributed by atoms with Gasteiger partial charge in [0, 0.05) is 18.7 Å². The summed E-state index contributed by atoms with van der Waals surface area (Å²) in [6.45, 7) is 0.586. The fourth-order valence-electron chi connectivity index (χ4n) is 3.24. The fraction of sp³-hybridized carbons (Fsp3) is 0.600. The lowest BCUT2D eigenvalue weighted by molar-refractivity contribution is 0.127. The van der Waals surface area contributed by atoms with Crippen LogP contribution in [0.2, 0.25) is 0 Å². The second-order valence-corrected chi connectivity index (χ2v) is 7.73. The summed E-state index contributed by atoms with van der Waals surface area (Å²) < 4.78 is 59.7. The minimum Gasteiger partial charge on any atom is -0.377 e. The number of ether oxygens (including phenoxy) is 1. The third kappa shape index (κ3) is 3.47. The van der Waals surface area contributed by atoms with E-state index in [1.165, 1.54) is 6.07 Å². The molecule has 1 unspecified atom stereocenters. The number of hydrogen-bond donors (Lipinski definition) is 1. The van der Waals surface area contributed by atoms with E-state index >= 15 is 0 Å². The van der Waals surface area contributed by atoms with E-state index in [2.05, 4.69) is 4.72 Å². The first kappa shape index (κ1) is 15.8. The van der Waals surface area contributed by atoms with Crippen LogP contribution in [-0.4, -0.2) is 26.9 Å². The Balaban J connectivity index is 1.79. The first-order valence-corrected chi connectivity index (χ1v) is 9.19. The van der Waals surface area contributed by atoms with Gasteiger partial charge in [0.15, 0.2) is 0 Å². The van der Waals surface area contributed by atoms with E-state index in [0.29, 0.717) is 37.0 Å². The van der Waals surface area contributed by atoms with E-state index in [4.69, 9.17) is 4.74 Å². The zero-order valence-corrected chi connectivity index (χ0v) is 13.0. The van der Waals surface area contributed by atoms with Crippen molar-refractivity contribution >= 4 is 10.0 Å². The first-order valence-electron chi connectivity index (χ1n) is 7.54. The summed E-state index contributed by atoms with van der Waals surface area (Å²) in [6, 6.07) is 1.51. The Kier molecular flexibility index (Phi) is 4.47. The van der Waals surface area contributed by atoms with Crippen molar-refractivity contribution in [3.8, 4) is 0 Å². The molecule has 1 fully saturated rings. The van der Waals surface area contributed by atoms with Crippen molar-refractivity contribution < 1.29 is 21.9 Å². The normalized spacial score (nSPS) is 25.2. The quantitative estimate of drug-likeness (QED) is 0.922. The van der Waals surface area contributed by atoms with Crippen LogP contribution in [0.1, 0.15) is 42.9 Å². The van der Waals surface area contributed by atoms with Crippen LogP contribution in [0.3, 0.4) is 0 Å². The van der Waals surface area contributed by atoms with E-state index in [9.17, 15) is 17.2 Å². The maximum absolute atomic E-state index is 13.8. The van der Waals surface area contributed by atoms with Gasteiger partial charge in [-0.2, -0.15) is 0 Å². The Bertz CT molecular complexity index is 657. The second-order valence-electron chi connectivity index (χ2n) is 5.93. The molecule has 0 spiro atoms. The van der Waals surface area contributed by atoms with Gasteiger partial charge >= 0.3 is 0 Å². The molecular formula is C15H19F2NO3S. The van der Waals surface area contributed by atoms with E-state index < -0.39 is 27.7 Å². The molecule has 1 aliphatic heterocycles. The number of benzene rings is 1. The van der Waals surface area contributed by atoms with E-state index in [1.54, 1.807) is 0 Å². The largest absolute Gasteiger partial charge is 0.377 e. The van der Waals surface area contributed by atoms with Gasteiger partial charge in [-0.3, -0.25) is 0 Å². The van der Waals surface area contributed by atoms with Gasteiger partial charge in [-0.15, -0.1) is 0 Å². The number of nitrogens with one attached hydrogen (secondary N) is 1. The zero-order valence-electron chi connectivity index (χ0n) is 12.1. The number of rotatable bonds is 4. The summed E-state index contributed by atoms with van der Waals surface area (Å²) in [5, 5.41) is 0. The molecule has 1 N–H and O–H groups in total. The van der Waals surface area contributed by atoms with Crippen LogP contribution in [0.5, 0.6) is 0 Å². The third-order valence-corrected chi connectivity index (χ3v) is 5.70. The Morgan fingerprint density at radius 2 is 2.05 bits per heavy atom. The molecule has 0 aromatic heterocycles. The summed E-state index contributed by atoms with van der Waals surface area (Å²) in [5.74, 6) is -1.38. The average Bonchev–Trinajstić information content (AvgIpc) is 2.91. The molecule has 0 amide bonds. The number of sulfonamides is 1. The average molecular weight is 331 g/mol. The predicted octanol–water partition coefficient (Wildman–Crippen LogP) is 2.44. The lowest BCUT2D eigenvalue weighted by Gasteiger charge is -2.27. The van der Waals surface area contributed by atoms with Crippen LogP contribution in [0.25, 0.3) is 0 Å². The lowest BCUT2D eigenvalue weighted by atomic mass is 9.88. The minimum absolute atomic E-state index is 0.101. The maximum Gasteiger partial charge on any atom is 0.214 e. The number of halogens is 2. The topological polar surface area (TPSA) is 55.4 Å². The van der Waals surface area contributed by atoms with Crippen molar-refractivity contribution in [1.82, 2.24) is 4.72 Å². The van der Waals surface area contributed by atoms with Crippen LogP contribution in [0, 0.1) is 11.6 Å². The third-order valence-electron chi connectivity index (χ3n) is 4.24. The molecule has 0 bridgehead atoms. The van der Waals surface area contributed by atoms with E-state index in [-0.39, 0.29) is 11.9 Å². The molecule has 1 aromatic rings. The van der Waals surface area contributed by atoms with Crippen molar-refractivity contribution in [2.45, 2.75) is 44.2 Å². The summed E-state index contributed by atoms with van der Waals surface area (Å²) in [7, 11) is -3.55. The summed E-state index contributed by atoms with van der Waals surface area (Å²) in [4.78, 5) is 0. The predicted molar refractivity (Wildman–Crippen MR) is 77.9 cm³/mol. The SMILES string of the molecule is O=S(=O)(CC1CCCO1)N[C@H]1CCCc2c(F)cc(F)cc21. The molecule has 1 aromatic carbocycles. The number of fused-ring (bicyclic) bond motifs is 1. The molecule has 122 valence electrons. The number of hydrogen-bond acceptors (Lipinski definition) is 3. The Hall–Kier alpha value is -1.05. The molecule has 0 saturated carbocycles. The van der Waals surface area contributed by atoms with Gasteiger partial charge in [0.2, 0.25) is 10.0 Å². The van der Waals surface area contributed by atoms with Gasteiger partial charge < -0.3 is 4.74 Å². The van der Waals surface area contributed by atoms with E-state index in [1.807, 2.05) is 0 Å². The molecule has 22 heavy (non-hydrogen) atoms. The van der Waals surface area contributed by atoms with Crippen molar-refractivity contribution in [3.05, 3.63) is 34.9 Å². The highest BCUT2D eigenvalue weighted by molar-refractivity contribution is 7.89. The Morgan fingerprint density at radius 3 is 2.77 bits per heavy atom. The van der Waals surface area contributed by atoms with Crippen molar-refractivity contribution in [2.24, 2.45) is 0 Å². The zero-order chi connectivity index (χ0) is 15.7. The van der Waals surface area contributed by atoms with Crippen LogP contribution in [0.4, 0.5) is 8.78 Å². The summed E-state index contributed by atoms with van der Waals surface area (Å²) in [6.07, 6.45) is 3.02. The van der Waals surface area contributed by atoms with Crippen molar-refractivity contribution in [3.63, 3.8) is 0 Å². The second kappa shape index (κ2) is 6.22. The smallest absolute Gasteiger partial charge is 0.214 e. The maximum atomic E-state index is 13.8. The fourth-order valence-corrected chi connectivity index (χ4v) is 4.77. The van der Waals surface area contributed by atoms with Crippen molar-refractivity contribution in [1.29, 1.82) is 0 Å². The van der Waals surface area contributed by atoms with E-state index in [0.717, 1.165) is 18.9 Å². The lowest BCUT2D eigenvalue weighted by Crippen LogP contribution is -2.36. The highest BCUT2D eigenvalue weighted by Crippen LogP contribution is 2.32. The molecule has 1 heterocycles. The summed E-state index contributed by atoms with van der Waals surface area (Å²) in [5.41, 5.74) is 0.831.